The summed E-state index contributed by atoms with van der Waals surface area (Å²) >= 11 is 0. The molecule has 0 aliphatic carbocycles. The molecule has 29 heavy (non-hydrogen) atoms. The van der Waals surface area contributed by atoms with E-state index in [9.17, 15) is 14.4 Å². The Morgan fingerprint density at radius 2 is 1.69 bits per heavy atom. The number of carboxylic acid groups (broad SMARTS) is 1. The molecule has 0 radical (unpaired) electrons. The lowest BCUT2D eigenvalue weighted by Crippen LogP contribution is -2.25. The van der Waals surface area contributed by atoms with Crippen LogP contribution >= 0.6 is 0 Å². The van der Waals surface area contributed by atoms with Crippen LogP contribution < -0.4 is 10.6 Å². The zero-order valence-corrected chi connectivity index (χ0v) is 15.5. The normalized spacial score (nSPS) is 10.3. The highest BCUT2D eigenvalue weighted by atomic mass is 16.4. The maximum absolute atomic E-state index is 12.1. The van der Waals surface area contributed by atoms with Gasteiger partial charge in [-0.05, 0) is 48.9 Å². The highest BCUT2D eigenvalue weighted by molar-refractivity contribution is 5.94. The van der Waals surface area contributed by atoms with Gasteiger partial charge in [0.25, 0.3) is 5.91 Å². The average Bonchev–Trinajstić information content (AvgIpc) is 3.23. The van der Waals surface area contributed by atoms with Gasteiger partial charge in [-0.3, -0.25) is 9.59 Å². The van der Waals surface area contributed by atoms with Crippen molar-refractivity contribution in [3.63, 3.8) is 0 Å². The van der Waals surface area contributed by atoms with E-state index in [1.807, 2.05) is 6.07 Å². The standard InChI is InChI=1S/C21H20N4O4/c26-19(7-4-13-22-20(27)15-5-2-1-3-6-15)23-16-8-10-17(11-9-16)25-14-12-18(24-25)21(28)29/h1-3,5-6,8-12,14H,4,7,13H2,(H,22,27)(H,23,26)(H,28,29). The summed E-state index contributed by atoms with van der Waals surface area (Å²) in [6.07, 6.45) is 2.35. The van der Waals surface area contributed by atoms with Gasteiger partial charge in [0.15, 0.2) is 5.69 Å². The van der Waals surface area contributed by atoms with Crippen molar-refractivity contribution in [2.24, 2.45) is 0 Å². The molecule has 0 bridgehead atoms. The molecular weight excluding hydrogens is 372 g/mol. The van der Waals surface area contributed by atoms with Crippen LogP contribution in [0.3, 0.4) is 0 Å². The number of rotatable bonds is 8. The van der Waals surface area contributed by atoms with E-state index in [-0.39, 0.29) is 23.9 Å². The molecule has 0 atom stereocenters. The summed E-state index contributed by atoms with van der Waals surface area (Å²) in [4.78, 5) is 34.9. The Bertz CT molecular complexity index is 997. The second-order valence-corrected chi connectivity index (χ2v) is 6.27. The Morgan fingerprint density at radius 3 is 2.34 bits per heavy atom. The monoisotopic (exact) mass is 392 g/mol. The molecule has 0 aliphatic rings. The summed E-state index contributed by atoms with van der Waals surface area (Å²) < 4.78 is 1.45. The molecule has 3 rings (SSSR count). The van der Waals surface area contributed by atoms with Gasteiger partial charge in [0.05, 0.1) is 5.69 Å². The van der Waals surface area contributed by atoms with E-state index in [0.717, 1.165) is 0 Å². The van der Waals surface area contributed by atoms with Gasteiger partial charge in [-0.15, -0.1) is 0 Å². The van der Waals surface area contributed by atoms with Crippen molar-refractivity contribution in [1.29, 1.82) is 0 Å². The van der Waals surface area contributed by atoms with Crippen molar-refractivity contribution < 1.29 is 19.5 Å². The first-order valence-corrected chi connectivity index (χ1v) is 9.05. The maximum Gasteiger partial charge on any atom is 0.356 e. The second-order valence-electron chi connectivity index (χ2n) is 6.27. The van der Waals surface area contributed by atoms with Gasteiger partial charge in [0.1, 0.15) is 0 Å². The van der Waals surface area contributed by atoms with Crippen molar-refractivity contribution >= 4 is 23.5 Å². The summed E-state index contributed by atoms with van der Waals surface area (Å²) in [5, 5.41) is 18.4. The zero-order valence-electron chi connectivity index (χ0n) is 15.5. The van der Waals surface area contributed by atoms with Crippen LogP contribution in [0.1, 0.15) is 33.7 Å². The molecule has 0 saturated heterocycles. The number of hydrogen-bond donors (Lipinski definition) is 3. The Hall–Kier alpha value is -3.94. The molecule has 2 aromatic carbocycles. The van der Waals surface area contributed by atoms with Crippen LogP contribution in [0.15, 0.2) is 66.9 Å². The fraction of sp³-hybridized carbons (Fsp3) is 0.143. The third-order valence-corrected chi connectivity index (χ3v) is 4.13. The third kappa shape index (κ3) is 5.52. The number of amides is 2. The first-order chi connectivity index (χ1) is 14.0. The summed E-state index contributed by atoms with van der Waals surface area (Å²) in [5.74, 6) is -1.40. The molecule has 2 amide bonds. The van der Waals surface area contributed by atoms with Crippen LogP contribution in [0.4, 0.5) is 5.69 Å². The van der Waals surface area contributed by atoms with Crippen molar-refractivity contribution in [2.45, 2.75) is 12.8 Å². The number of benzene rings is 2. The minimum Gasteiger partial charge on any atom is -0.476 e. The lowest BCUT2D eigenvalue weighted by Gasteiger charge is -2.08. The van der Waals surface area contributed by atoms with Crippen LogP contribution in [0.5, 0.6) is 0 Å². The molecule has 0 unspecified atom stereocenters. The number of aromatic carboxylic acids is 1. The molecule has 0 fully saturated rings. The molecular formula is C21H20N4O4. The van der Waals surface area contributed by atoms with Crippen LogP contribution in [0, 0.1) is 0 Å². The number of nitrogens with zero attached hydrogens (tertiary/aromatic N) is 2. The fourth-order valence-electron chi connectivity index (χ4n) is 2.65. The average molecular weight is 392 g/mol. The van der Waals surface area contributed by atoms with Crippen molar-refractivity contribution in [3.8, 4) is 5.69 Å². The highest BCUT2D eigenvalue weighted by Crippen LogP contribution is 2.14. The molecule has 1 aromatic heterocycles. The van der Waals surface area contributed by atoms with Crippen molar-refractivity contribution in [3.05, 3.63) is 78.1 Å². The number of carbonyl (C=O) groups is 3. The maximum atomic E-state index is 12.1. The molecule has 8 nitrogen and oxygen atoms in total. The molecule has 148 valence electrons. The highest BCUT2D eigenvalue weighted by Gasteiger charge is 2.08. The van der Waals surface area contributed by atoms with Crippen molar-refractivity contribution in [2.75, 3.05) is 11.9 Å². The lowest BCUT2D eigenvalue weighted by atomic mass is 10.2. The van der Waals surface area contributed by atoms with Crippen LogP contribution in [-0.4, -0.2) is 39.2 Å². The van der Waals surface area contributed by atoms with E-state index in [4.69, 9.17) is 5.11 Å². The second kappa shape index (κ2) is 9.32. The van der Waals surface area contributed by atoms with Crippen LogP contribution in [0.2, 0.25) is 0 Å². The van der Waals surface area contributed by atoms with E-state index in [0.29, 0.717) is 29.9 Å². The van der Waals surface area contributed by atoms with Gasteiger partial charge in [-0.2, -0.15) is 5.10 Å². The summed E-state index contributed by atoms with van der Waals surface area (Å²) in [5.41, 5.74) is 1.85. The Balaban J connectivity index is 1.43. The number of anilines is 1. The van der Waals surface area contributed by atoms with Crippen LogP contribution in [-0.2, 0) is 4.79 Å². The molecule has 0 spiro atoms. The van der Waals surface area contributed by atoms with Gasteiger partial charge in [-0.1, -0.05) is 18.2 Å². The Kier molecular flexibility index (Phi) is 6.36. The number of hydrogen-bond acceptors (Lipinski definition) is 4. The van der Waals surface area contributed by atoms with E-state index >= 15 is 0 Å². The summed E-state index contributed by atoms with van der Waals surface area (Å²) in [6, 6.07) is 17.2. The van der Waals surface area contributed by atoms with Crippen molar-refractivity contribution in [1.82, 2.24) is 15.1 Å². The number of carboxylic acids is 1. The Morgan fingerprint density at radius 1 is 0.966 bits per heavy atom. The van der Waals surface area contributed by atoms with Gasteiger partial charge >= 0.3 is 5.97 Å². The van der Waals surface area contributed by atoms with E-state index in [2.05, 4.69) is 15.7 Å². The number of nitrogens with one attached hydrogen (secondary N) is 2. The topological polar surface area (TPSA) is 113 Å². The summed E-state index contributed by atoms with van der Waals surface area (Å²) in [6.45, 7) is 0.408. The minimum atomic E-state index is -1.09. The smallest absolute Gasteiger partial charge is 0.356 e. The molecule has 0 aliphatic heterocycles. The Labute approximate surface area is 167 Å². The van der Waals surface area contributed by atoms with E-state index in [1.54, 1.807) is 54.7 Å². The number of aromatic nitrogens is 2. The summed E-state index contributed by atoms with van der Waals surface area (Å²) in [7, 11) is 0. The van der Waals surface area contributed by atoms with E-state index in [1.165, 1.54) is 10.7 Å². The molecule has 3 N–H and O–H groups in total. The van der Waals surface area contributed by atoms with E-state index < -0.39 is 5.97 Å². The first-order valence-electron chi connectivity index (χ1n) is 9.05. The predicted molar refractivity (Wildman–Crippen MR) is 107 cm³/mol. The molecule has 1 heterocycles. The largest absolute Gasteiger partial charge is 0.476 e. The zero-order chi connectivity index (χ0) is 20.6. The fourth-order valence-corrected chi connectivity index (χ4v) is 2.65. The third-order valence-electron chi connectivity index (χ3n) is 4.13. The van der Waals surface area contributed by atoms with Gasteiger partial charge in [0.2, 0.25) is 5.91 Å². The predicted octanol–water partition coefficient (Wildman–Crippen LogP) is 2.72. The molecule has 8 heteroatoms. The molecule has 0 saturated carbocycles. The first kappa shape index (κ1) is 19.8. The molecule has 3 aromatic rings. The lowest BCUT2D eigenvalue weighted by molar-refractivity contribution is -0.116. The number of carbonyl (C=O) groups excluding carboxylic acids is 2. The minimum absolute atomic E-state index is 0.0401. The SMILES string of the molecule is O=C(CCCNC(=O)c1ccccc1)Nc1ccc(-n2ccc(C(=O)O)n2)cc1. The van der Waals surface area contributed by atoms with Gasteiger partial charge in [0, 0.05) is 30.4 Å². The van der Waals surface area contributed by atoms with Crippen LogP contribution in [0.25, 0.3) is 5.69 Å². The van der Waals surface area contributed by atoms with Gasteiger partial charge < -0.3 is 15.7 Å². The quantitative estimate of drug-likeness (QED) is 0.510. The van der Waals surface area contributed by atoms with Gasteiger partial charge in [-0.25, -0.2) is 9.48 Å².